The van der Waals surface area contributed by atoms with E-state index < -0.39 is 0 Å². The van der Waals surface area contributed by atoms with Gasteiger partial charge < -0.3 is 4.74 Å². The van der Waals surface area contributed by atoms with Gasteiger partial charge >= 0.3 is 6.09 Å². The van der Waals surface area contributed by atoms with Crippen LogP contribution in [0.2, 0.25) is 0 Å². The summed E-state index contributed by atoms with van der Waals surface area (Å²) in [5, 5.41) is 3.81. The molecule has 2 rings (SSSR count). The van der Waals surface area contributed by atoms with Crippen LogP contribution in [0.1, 0.15) is 25.8 Å². The van der Waals surface area contributed by atoms with E-state index >= 15 is 0 Å². The zero-order chi connectivity index (χ0) is 13.0. The predicted octanol–water partition coefficient (Wildman–Crippen LogP) is 2.65. The van der Waals surface area contributed by atoms with Gasteiger partial charge in [0.05, 0.1) is 12.6 Å². The largest absolute Gasteiger partial charge is 0.449 e. The molecule has 98 valence electrons. The third-order valence-electron chi connectivity index (χ3n) is 3.19. The van der Waals surface area contributed by atoms with Crippen molar-refractivity contribution < 1.29 is 9.53 Å². The van der Waals surface area contributed by atoms with Gasteiger partial charge in [-0.3, -0.25) is 0 Å². The summed E-state index contributed by atoms with van der Waals surface area (Å²) in [6.45, 7) is 5.96. The first-order chi connectivity index (χ1) is 8.72. The fourth-order valence-corrected chi connectivity index (χ4v) is 2.28. The number of carbonyl (C=O) groups is 1. The minimum Gasteiger partial charge on any atom is -0.449 e. The molecule has 0 N–H and O–H groups in total. The summed E-state index contributed by atoms with van der Waals surface area (Å²) in [5.74, 6) is 0. The summed E-state index contributed by atoms with van der Waals surface area (Å²) in [6, 6.07) is 10.4. The number of ether oxygens (including phenoxy) is 1. The number of carbonyl (C=O) groups excluding carboxylic acids is 1. The second kappa shape index (κ2) is 5.87. The second-order valence-electron chi connectivity index (χ2n) is 4.55. The summed E-state index contributed by atoms with van der Waals surface area (Å²) in [7, 11) is 0. The molecule has 0 bridgehead atoms. The van der Waals surface area contributed by atoms with Gasteiger partial charge in [-0.1, -0.05) is 30.3 Å². The lowest BCUT2D eigenvalue weighted by molar-refractivity contribution is -0.00708. The Morgan fingerprint density at radius 3 is 2.78 bits per heavy atom. The molecule has 1 atom stereocenters. The van der Waals surface area contributed by atoms with Gasteiger partial charge in [0.1, 0.15) is 0 Å². The van der Waals surface area contributed by atoms with Gasteiger partial charge in [0.25, 0.3) is 0 Å². The Bertz CT molecular complexity index is 394. The Balaban J connectivity index is 2.05. The van der Waals surface area contributed by atoms with Crippen molar-refractivity contribution in [1.29, 1.82) is 0 Å². The van der Waals surface area contributed by atoms with Gasteiger partial charge in [0.2, 0.25) is 0 Å². The third-order valence-corrected chi connectivity index (χ3v) is 3.19. The minimum absolute atomic E-state index is 0.216. The topological polar surface area (TPSA) is 32.8 Å². The Morgan fingerprint density at radius 1 is 1.39 bits per heavy atom. The molecule has 0 spiro atoms. The molecule has 18 heavy (non-hydrogen) atoms. The predicted molar refractivity (Wildman–Crippen MR) is 69.8 cm³/mol. The maximum Gasteiger partial charge on any atom is 0.424 e. The Labute approximate surface area is 108 Å². The molecular formula is C14H20N2O2. The lowest BCUT2D eigenvalue weighted by atomic mass is 10.2. The van der Waals surface area contributed by atoms with Gasteiger partial charge in [0, 0.05) is 13.1 Å². The number of rotatable bonds is 3. The normalized spacial score (nSPS) is 20.1. The highest BCUT2D eigenvalue weighted by molar-refractivity contribution is 5.67. The first-order valence-electron chi connectivity index (χ1n) is 6.47. The van der Waals surface area contributed by atoms with E-state index in [-0.39, 0.29) is 12.1 Å². The molecule has 1 fully saturated rings. The van der Waals surface area contributed by atoms with Crippen molar-refractivity contribution in [2.75, 3.05) is 13.2 Å². The van der Waals surface area contributed by atoms with Crippen LogP contribution < -0.4 is 0 Å². The smallest absolute Gasteiger partial charge is 0.424 e. The van der Waals surface area contributed by atoms with Crippen LogP contribution in [0.5, 0.6) is 0 Å². The van der Waals surface area contributed by atoms with E-state index in [2.05, 4.69) is 24.1 Å². The van der Waals surface area contributed by atoms with E-state index in [0.717, 1.165) is 19.5 Å². The lowest BCUT2D eigenvalue weighted by Gasteiger charge is -2.29. The summed E-state index contributed by atoms with van der Waals surface area (Å²) < 4.78 is 5.11. The highest BCUT2D eigenvalue weighted by Gasteiger charge is 2.33. The van der Waals surface area contributed by atoms with Crippen molar-refractivity contribution in [1.82, 2.24) is 10.0 Å². The number of benzene rings is 1. The second-order valence-corrected chi connectivity index (χ2v) is 4.55. The molecule has 4 nitrogen and oxygen atoms in total. The van der Waals surface area contributed by atoms with Crippen molar-refractivity contribution in [3.05, 3.63) is 35.9 Å². The average Bonchev–Trinajstić information content (AvgIpc) is 2.72. The number of nitrogens with zero attached hydrogens (tertiary/aromatic N) is 2. The van der Waals surface area contributed by atoms with Gasteiger partial charge in [-0.25, -0.2) is 14.8 Å². The fourth-order valence-electron chi connectivity index (χ4n) is 2.28. The molecule has 0 radical (unpaired) electrons. The Kier molecular flexibility index (Phi) is 4.20. The first kappa shape index (κ1) is 12.9. The molecule has 0 aromatic heterocycles. The summed E-state index contributed by atoms with van der Waals surface area (Å²) in [4.78, 5) is 11.9. The van der Waals surface area contributed by atoms with Crippen LogP contribution in [0.15, 0.2) is 30.3 Å². The fraction of sp³-hybridized carbons (Fsp3) is 0.500. The van der Waals surface area contributed by atoms with E-state index in [1.807, 2.05) is 25.1 Å². The standard InChI is InChI=1S/C14H20N2O2/c1-3-18-14(17)16-12(2)9-10-15(16)11-13-7-5-4-6-8-13/h4-8,12H,3,9-11H2,1-2H3. The SMILES string of the molecule is CCOC(=O)N1C(C)CCN1Cc1ccccc1. The molecule has 1 amide bonds. The zero-order valence-electron chi connectivity index (χ0n) is 11.0. The van der Waals surface area contributed by atoms with Crippen LogP contribution in [-0.2, 0) is 11.3 Å². The van der Waals surface area contributed by atoms with Gasteiger partial charge in [-0.05, 0) is 25.8 Å². The highest BCUT2D eigenvalue weighted by atomic mass is 16.6. The van der Waals surface area contributed by atoms with Crippen LogP contribution in [-0.4, -0.2) is 35.3 Å². The van der Waals surface area contributed by atoms with Crippen molar-refractivity contribution in [3.63, 3.8) is 0 Å². The number of hydrazine groups is 1. The molecular weight excluding hydrogens is 228 g/mol. The molecule has 0 saturated carbocycles. The van der Waals surface area contributed by atoms with Gasteiger partial charge in [-0.15, -0.1) is 0 Å². The Morgan fingerprint density at radius 2 is 2.11 bits per heavy atom. The third kappa shape index (κ3) is 2.82. The number of amides is 1. The molecule has 1 saturated heterocycles. The van der Waals surface area contributed by atoms with Gasteiger partial charge in [0.15, 0.2) is 0 Å². The molecule has 1 aliphatic rings. The monoisotopic (exact) mass is 248 g/mol. The molecule has 1 aromatic rings. The van der Waals surface area contributed by atoms with Crippen LogP contribution in [0.3, 0.4) is 0 Å². The first-order valence-corrected chi connectivity index (χ1v) is 6.47. The molecule has 0 aliphatic carbocycles. The van der Waals surface area contributed by atoms with E-state index in [1.165, 1.54) is 5.56 Å². The van der Waals surface area contributed by atoms with Crippen molar-refractivity contribution >= 4 is 6.09 Å². The summed E-state index contributed by atoms with van der Waals surface area (Å²) in [6.07, 6.45) is 0.754. The zero-order valence-corrected chi connectivity index (χ0v) is 11.0. The molecule has 4 heteroatoms. The van der Waals surface area contributed by atoms with E-state index in [4.69, 9.17) is 4.74 Å². The number of hydrogen-bond donors (Lipinski definition) is 0. The van der Waals surface area contributed by atoms with Crippen molar-refractivity contribution in [2.45, 2.75) is 32.9 Å². The van der Waals surface area contributed by atoms with Crippen LogP contribution in [0.25, 0.3) is 0 Å². The Hall–Kier alpha value is -1.55. The van der Waals surface area contributed by atoms with Crippen LogP contribution in [0.4, 0.5) is 4.79 Å². The average molecular weight is 248 g/mol. The quantitative estimate of drug-likeness (QED) is 0.824. The van der Waals surface area contributed by atoms with Gasteiger partial charge in [-0.2, -0.15) is 0 Å². The molecule has 1 aliphatic heterocycles. The molecule has 1 unspecified atom stereocenters. The summed E-state index contributed by atoms with van der Waals surface area (Å²) >= 11 is 0. The van der Waals surface area contributed by atoms with Crippen molar-refractivity contribution in [3.8, 4) is 0 Å². The lowest BCUT2D eigenvalue weighted by Crippen LogP contribution is -2.44. The molecule has 1 aromatic carbocycles. The summed E-state index contributed by atoms with van der Waals surface area (Å²) in [5.41, 5.74) is 1.21. The molecule has 1 heterocycles. The maximum absolute atomic E-state index is 11.9. The van der Waals surface area contributed by atoms with E-state index in [9.17, 15) is 4.79 Å². The van der Waals surface area contributed by atoms with E-state index in [1.54, 1.807) is 5.01 Å². The van der Waals surface area contributed by atoms with E-state index in [0.29, 0.717) is 6.61 Å². The maximum atomic E-state index is 11.9. The number of hydrogen-bond acceptors (Lipinski definition) is 3. The highest BCUT2D eigenvalue weighted by Crippen LogP contribution is 2.21. The van der Waals surface area contributed by atoms with Crippen LogP contribution >= 0.6 is 0 Å². The minimum atomic E-state index is -0.238. The van der Waals surface area contributed by atoms with Crippen LogP contribution in [0, 0.1) is 0 Å². The van der Waals surface area contributed by atoms with Crippen molar-refractivity contribution in [2.24, 2.45) is 0 Å².